The van der Waals surface area contributed by atoms with E-state index in [2.05, 4.69) is 43.9 Å². The van der Waals surface area contributed by atoms with Gasteiger partial charge in [0.2, 0.25) is 0 Å². The molecule has 2 atom stereocenters. The SMILES string of the molecule is CCCN(CCC)CC1COc2ccc(CC)cc2C1N. The minimum atomic E-state index is 0.0939. The van der Waals surface area contributed by atoms with Gasteiger partial charge in [0.15, 0.2) is 0 Å². The highest BCUT2D eigenvalue weighted by molar-refractivity contribution is 5.41. The summed E-state index contributed by atoms with van der Waals surface area (Å²) in [6.07, 6.45) is 3.43. The molecule has 0 saturated carbocycles. The van der Waals surface area contributed by atoms with Gasteiger partial charge in [-0.2, -0.15) is 0 Å². The van der Waals surface area contributed by atoms with Crippen LogP contribution in [-0.4, -0.2) is 31.1 Å². The Kier molecular flexibility index (Phi) is 6.07. The molecule has 1 aromatic rings. The number of ether oxygens (including phenoxy) is 1. The zero-order valence-corrected chi connectivity index (χ0v) is 13.8. The first kappa shape index (κ1) is 16.3. The normalized spacial score (nSPS) is 21.2. The van der Waals surface area contributed by atoms with E-state index in [1.54, 1.807) is 0 Å². The number of rotatable bonds is 7. The molecule has 1 aromatic carbocycles. The van der Waals surface area contributed by atoms with Gasteiger partial charge in [0.05, 0.1) is 6.61 Å². The first-order valence-electron chi connectivity index (χ1n) is 8.43. The molecule has 0 amide bonds. The molecule has 0 aromatic heterocycles. The van der Waals surface area contributed by atoms with Crippen LogP contribution in [0.25, 0.3) is 0 Å². The molecule has 0 spiro atoms. The van der Waals surface area contributed by atoms with E-state index < -0.39 is 0 Å². The molecule has 1 aliphatic heterocycles. The van der Waals surface area contributed by atoms with E-state index >= 15 is 0 Å². The second kappa shape index (κ2) is 7.81. The molecule has 0 radical (unpaired) electrons. The molecule has 0 bridgehead atoms. The Morgan fingerprint density at radius 2 is 1.90 bits per heavy atom. The van der Waals surface area contributed by atoms with Gasteiger partial charge in [0.1, 0.15) is 5.75 Å². The molecule has 21 heavy (non-hydrogen) atoms. The standard InChI is InChI=1S/C18H30N2O/c1-4-9-20(10-5-2)12-15-13-21-17-8-7-14(6-3)11-16(17)18(15)19/h7-8,11,15,18H,4-6,9-10,12-13,19H2,1-3H3. The molecule has 2 rings (SSSR count). The Bertz CT molecular complexity index is 441. The molecule has 0 fully saturated rings. The third-order valence-electron chi connectivity index (χ3n) is 4.37. The quantitative estimate of drug-likeness (QED) is 0.836. The van der Waals surface area contributed by atoms with Gasteiger partial charge < -0.3 is 15.4 Å². The number of nitrogens with two attached hydrogens (primary N) is 1. The molecule has 3 heteroatoms. The van der Waals surface area contributed by atoms with Gasteiger partial charge in [-0.05, 0) is 44.0 Å². The van der Waals surface area contributed by atoms with E-state index in [-0.39, 0.29) is 6.04 Å². The van der Waals surface area contributed by atoms with Crippen molar-refractivity contribution < 1.29 is 4.74 Å². The molecule has 0 saturated heterocycles. The summed E-state index contributed by atoms with van der Waals surface area (Å²) in [4.78, 5) is 2.53. The molecule has 0 aliphatic carbocycles. The average molecular weight is 290 g/mol. The van der Waals surface area contributed by atoms with E-state index in [1.807, 2.05) is 0 Å². The fourth-order valence-electron chi connectivity index (χ4n) is 3.19. The van der Waals surface area contributed by atoms with Crippen LogP contribution >= 0.6 is 0 Å². The minimum Gasteiger partial charge on any atom is -0.493 e. The molecule has 118 valence electrons. The maximum absolute atomic E-state index is 6.55. The Morgan fingerprint density at radius 3 is 2.52 bits per heavy atom. The summed E-state index contributed by atoms with van der Waals surface area (Å²) in [5.41, 5.74) is 9.08. The minimum absolute atomic E-state index is 0.0939. The summed E-state index contributed by atoms with van der Waals surface area (Å²) in [6.45, 7) is 10.7. The van der Waals surface area contributed by atoms with Gasteiger partial charge in [-0.15, -0.1) is 0 Å². The fraction of sp³-hybridized carbons (Fsp3) is 0.667. The third-order valence-corrected chi connectivity index (χ3v) is 4.37. The molecular weight excluding hydrogens is 260 g/mol. The first-order valence-corrected chi connectivity index (χ1v) is 8.43. The lowest BCUT2D eigenvalue weighted by Crippen LogP contribution is -2.41. The maximum atomic E-state index is 6.55. The third kappa shape index (κ3) is 3.98. The topological polar surface area (TPSA) is 38.5 Å². The van der Waals surface area contributed by atoms with Crippen molar-refractivity contribution in [3.8, 4) is 5.75 Å². The largest absolute Gasteiger partial charge is 0.493 e. The van der Waals surface area contributed by atoms with Crippen LogP contribution in [0.5, 0.6) is 5.75 Å². The van der Waals surface area contributed by atoms with Crippen LogP contribution in [0, 0.1) is 5.92 Å². The summed E-state index contributed by atoms with van der Waals surface area (Å²) in [7, 11) is 0. The van der Waals surface area contributed by atoms with Crippen molar-refractivity contribution in [2.24, 2.45) is 11.7 Å². The van der Waals surface area contributed by atoms with E-state index in [0.717, 1.165) is 38.4 Å². The Balaban J connectivity index is 2.09. The van der Waals surface area contributed by atoms with Gasteiger partial charge in [0.25, 0.3) is 0 Å². The maximum Gasteiger partial charge on any atom is 0.124 e. The predicted octanol–water partition coefficient (Wildman–Crippen LogP) is 3.38. The summed E-state index contributed by atoms with van der Waals surface area (Å²) >= 11 is 0. The zero-order chi connectivity index (χ0) is 15.2. The number of benzene rings is 1. The zero-order valence-electron chi connectivity index (χ0n) is 13.8. The lowest BCUT2D eigenvalue weighted by atomic mass is 9.89. The Hall–Kier alpha value is -1.06. The van der Waals surface area contributed by atoms with Crippen LogP contribution in [0.3, 0.4) is 0 Å². The Labute approximate surface area is 129 Å². The molecule has 3 nitrogen and oxygen atoms in total. The summed E-state index contributed by atoms with van der Waals surface area (Å²) < 4.78 is 5.96. The average Bonchev–Trinajstić information content (AvgIpc) is 2.50. The highest BCUT2D eigenvalue weighted by atomic mass is 16.5. The van der Waals surface area contributed by atoms with Crippen LogP contribution in [0.2, 0.25) is 0 Å². The van der Waals surface area contributed by atoms with Crippen molar-refractivity contribution in [3.05, 3.63) is 29.3 Å². The van der Waals surface area contributed by atoms with Gasteiger partial charge >= 0.3 is 0 Å². The monoisotopic (exact) mass is 290 g/mol. The van der Waals surface area contributed by atoms with Crippen LogP contribution in [0.15, 0.2) is 18.2 Å². The first-order chi connectivity index (χ1) is 10.2. The summed E-state index contributed by atoms with van der Waals surface area (Å²) in [6, 6.07) is 6.55. The number of fused-ring (bicyclic) bond motifs is 1. The Morgan fingerprint density at radius 1 is 1.19 bits per heavy atom. The summed E-state index contributed by atoms with van der Waals surface area (Å²) in [5.74, 6) is 1.37. The van der Waals surface area contributed by atoms with Crippen molar-refractivity contribution in [2.75, 3.05) is 26.2 Å². The van der Waals surface area contributed by atoms with Crippen LogP contribution in [-0.2, 0) is 6.42 Å². The van der Waals surface area contributed by atoms with Gasteiger partial charge in [-0.1, -0.05) is 32.9 Å². The molecule has 2 N–H and O–H groups in total. The number of aryl methyl sites for hydroxylation is 1. The molecule has 1 aliphatic rings. The molecule has 1 heterocycles. The van der Waals surface area contributed by atoms with E-state index in [1.165, 1.54) is 24.0 Å². The van der Waals surface area contributed by atoms with Crippen molar-refractivity contribution in [3.63, 3.8) is 0 Å². The number of nitrogens with zero attached hydrogens (tertiary/aromatic N) is 1. The molecule has 2 unspecified atom stereocenters. The van der Waals surface area contributed by atoms with Crippen LogP contribution in [0.1, 0.15) is 50.8 Å². The number of hydrogen-bond acceptors (Lipinski definition) is 3. The van der Waals surface area contributed by atoms with Crippen LogP contribution < -0.4 is 10.5 Å². The van der Waals surface area contributed by atoms with E-state index in [0.29, 0.717) is 5.92 Å². The van der Waals surface area contributed by atoms with Gasteiger partial charge in [-0.25, -0.2) is 0 Å². The molecular formula is C18H30N2O. The summed E-state index contributed by atoms with van der Waals surface area (Å²) in [5, 5.41) is 0. The lowest BCUT2D eigenvalue weighted by Gasteiger charge is -2.35. The highest BCUT2D eigenvalue weighted by Gasteiger charge is 2.29. The predicted molar refractivity (Wildman–Crippen MR) is 88.8 cm³/mol. The van der Waals surface area contributed by atoms with Crippen molar-refractivity contribution >= 4 is 0 Å². The van der Waals surface area contributed by atoms with Gasteiger partial charge in [0, 0.05) is 24.1 Å². The van der Waals surface area contributed by atoms with E-state index in [9.17, 15) is 0 Å². The van der Waals surface area contributed by atoms with Crippen molar-refractivity contribution in [1.29, 1.82) is 0 Å². The van der Waals surface area contributed by atoms with Crippen molar-refractivity contribution in [2.45, 2.75) is 46.1 Å². The van der Waals surface area contributed by atoms with Gasteiger partial charge in [-0.3, -0.25) is 0 Å². The second-order valence-corrected chi connectivity index (χ2v) is 6.12. The highest BCUT2D eigenvalue weighted by Crippen LogP contribution is 2.35. The fourth-order valence-corrected chi connectivity index (χ4v) is 3.19. The number of hydrogen-bond donors (Lipinski definition) is 1. The van der Waals surface area contributed by atoms with E-state index in [4.69, 9.17) is 10.5 Å². The lowest BCUT2D eigenvalue weighted by molar-refractivity contribution is 0.138. The smallest absolute Gasteiger partial charge is 0.124 e. The van der Waals surface area contributed by atoms with Crippen LogP contribution in [0.4, 0.5) is 0 Å². The second-order valence-electron chi connectivity index (χ2n) is 6.12. The van der Waals surface area contributed by atoms with Crippen molar-refractivity contribution in [1.82, 2.24) is 4.90 Å².